The van der Waals surface area contributed by atoms with Gasteiger partial charge in [0.15, 0.2) is 0 Å². The van der Waals surface area contributed by atoms with Crippen LogP contribution >= 0.6 is 11.3 Å². The largest absolute Gasteiger partial charge is 0.382 e. The van der Waals surface area contributed by atoms with E-state index in [1.807, 2.05) is 31.5 Å². The number of nitrogens with zero attached hydrogens (tertiary/aromatic N) is 2. The van der Waals surface area contributed by atoms with E-state index in [1.54, 1.807) is 16.2 Å². The van der Waals surface area contributed by atoms with Crippen LogP contribution in [-0.4, -0.2) is 53.1 Å². The van der Waals surface area contributed by atoms with Crippen LogP contribution < -0.4 is 0 Å². The van der Waals surface area contributed by atoms with E-state index in [1.165, 1.54) is 25.7 Å². The van der Waals surface area contributed by atoms with Crippen molar-refractivity contribution < 1.29 is 9.90 Å². The summed E-state index contributed by atoms with van der Waals surface area (Å²) in [5.74, 6) is -0.150. The Labute approximate surface area is 136 Å². The molecule has 2 fully saturated rings. The van der Waals surface area contributed by atoms with E-state index < -0.39 is 6.10 Å². The number of aliphatic hydroxyl groups is 1. The van der Waals surface area contributed by atoms with Gasteiger partial charge < -0.3 is 14.9 Å². The van der Waals surface area contributed by atoms with Gasteiger partial charge in [-0.15, -0.1) is 11.3 Å². The van der Waals surface area contributed by atoms with Crippen LogP contribution in [-0.2, 0) is 11.3 Å². The average molecular weight is 322 g/mol. The van der Waals surface area contributed by atoms with Crippen molar-refractivity contribution in [2.24, 2.45) is 5.41 Å². The van der Waals surface area contributed by atoms with E-state index in [9.17, 15) is 9.90 Å². The molecule has 2 aliphatic carbocycles. The van der Waals surface area contributed by atoms with Crippen LogP contribution in [0.15, 0.2) is 17.5 Å². The predicted molar refractivity (Wildman–Crippen MR) is 88.7 cm³/mol. The Morgan fingerprint density at radius 3 is 2.77 bits per heavy atom. The van der Waals surface area contributed by atoms with Gasteiger partial charge in [0.2, 0.25) is 0 Å². The summed E-state index contributed by atoms with van der Waals surface area (Å²) in [7, 11) is 2.03. The number of likely N-dealkylation sites (N-methyl/N-ethyl adjacent to an activating group) is 2. The van der Waals surface area contributed by atoms with Crippen molar-refractivity contribution in [3.05, 3.63) is 22.4 Å². The summed E-state index contributed by atoms with van der Waals surface area (Å²) in [6.07, 6.45) is 4.33. The van der Waals surface area contributed by atoms with Gasteiger partial charge in [-0.05, 0) is 56.5 Å². The molecule has 1 aromatic rings. The van der Waals surface area contributed by atoms with Crippen molar-refractivity contribution in [3.8, 4) is 0 Å². The average Bonchev–Trinajstić information content (AvgIpc) is 3.12. The van der Waals surface area contributed by atoms with Gasteiger partial charge in [0.25, 0.3) is 5.91 Å². The first-order valence-electron chi connectivity index (χ1n) is 8.22. The topological polar surface area (TPSA) is 43.8 Å². The lowest BCUT2D eigenvalue weighted by Crippen LogP contribution is -2.50. The molecule has 2 saturated carbocycles. The Morgan fingerprint density at radius 1 is 1.50 bits per heavy atom. The number of rotatable bonds is 7. The van der Waals surface area contributed by atoms with Crippen molar-refractivity contribution in [3.63, 3.8) is 0 Å². The maximum atomic E-state index is 12.5. The van der Waals surface area contributed by atoms with Crippen molar-refractivity contribution in [1.29, 1.82) is 0 Å². The van der Waals surface area contributed by atoms with Crippen LogP contribution in [0.4, 0.5) is 0 Å². The molecule has 1 spiro atoms. The molecule has 0 saturated heterocycles. The second-order valence-corrected chi connectivity index (χ2v) is 7.98. The number of hydrogen-bond donors (Lipinski definition) is 1. The number of carbonyl (C=O) groups excluding carboxylic acids is 1. The summed E-state index contributed by atoms with van der Waals surface area (Å²) in [5, 5.41) is 12.3. The van der Waals surface area contributed by atoms with Crippen molar-refractivity contribution in [1.82, 2.24) is 9.80 Å². The van der Waals surface area contributed by atoms with E-state index in [4.69, 9.17) is 0 Å². The molecule has 0 radical (unpaired) electrons. The SMILES string of the molecule is CCN(Cc1cccs1)C(=O)C(O)CN(C)C1CC2(CC2)C1. The Balaban J connectivity index is 1.49. The molecular weight excluding hydrogens is 296 g/mol. The lowest BCUT2D eigenvalue weighted by atomic mass is 9.76. The highest BCUT2D eigenvalue weighted by Gasteiger charge is 2.53. The van der Waals surface area contributed by atoms with Gasteiger partial charge >= 0.3 is 0 Å². The summed E-state index contributed by atoms with van der Waals surface area (Å²) in [4.78, 5) is 17.5. The zero-order chi connectivity index (χ0) is 15.7. The molecule has 1 heterocycles. The first-order valence-corrected chi connectivity index (χ1v) is 9.10. The zero-order valence-corrected chi connectivity index (χ0v) is 14.3. The van der Waals surface area contributed by atoms with E-state index >= 15 is 0 Å². The fourth-order valence-corrected chi connectivity index (χ4v) is 4.20. The number of amides is 1. The second kappa shape index (κ2) is 6.30. The molecule has 1 N–H and O–H groups in total. The summed E-state index contributed by atoms with van der Waals surface area (Å²) in [6, 6.07) is 4.58. The second-order valence-electron chi connectivity index (χ2n) is 6.95. The van der Waals surface area contributed by atoms with Gasteiger partial charge in [-0.1, -0.05) is 6.07 Å². The lowest BCUT2D eigenvalue weighted by Gasteiger charge is -2.42. The van der Waals surface area contributed by atoms with E-state index in [0.717, 1.165) is 4.88 Å². The molecule has 2 aliphatic rings. The highest BCUT2D eigenvalue weighted by atomic mass is 32.1. The maximum absolute atomic E-state index is 12.5. The molecule has 122 valence electrons. The fraction of sp³-hybridized carbons (Fsp3) is 0.706. The van der Waals surface area contributed by atoms with Crippen molar-refractivity contribution in [2.75, 3.05) is 20.1 Å². The maximum Gasteiger partial charge on any atom is 0.253 e. The van der Waals surface area contributed by atoms with Gasteiger partial charge in [-0.2, -0.15) is 0 Å². The van der Waals surface area contributed by atoms with Gasteiger partial charge in [0.1, 0.15) is 6.10 Å². The monoisotopic (exact) mass is 322 g/mol. The molecule has 22 heavy (non-hydrogen) atoms. The summed E-state index contributed by atoms with van der Waals surface area (Å²) < 4.78 is 0. The molecule has 3 rings (SSSR count). The third kappa shape index (κ3) is 3.36. The number of thiophene rings is 1. The smallest absolute Gasteiger partial charge is 0.253 e. The molecule has 0 aromatic carbocycles. The molecule has 0 aliphatic heterocycles. The molecule has 1 atom stereocenters. The molecular formula is C17H26N2O2S. The molecule has 1 aromatic heterocycles. The van der Waals surface area contributed by atoms with Crippen molar-refractivity contribution in [2.45, 2.75) is 51.3 Å². The minimum absolute atomic E-state index is 0.150. The lowest BCUT2D eigenvalue weighted by molar-refractivity contribution is -0.142. The fourth-order valence-electron chi connectivity index (χ4n) is 3.48. The van der Waals surface area contributed by atoms with Crippen molar-refractivity contribution >= 4 is 17.2 Å². The predicted octanol–water partition coefficient (Wildman–Crippen LogP) is 2.33. The quantitative estimate of drug-likeness (QED) is 0.838. The van der Waals surface area contributed by atoms with Crippen LogP contribution in [0.25, 0.3) is 0 Å². The normalized spacial score (nSPS) is 20.9. The number of carbonyl (C=O) groups is 1. The van der Waals surface area contributed by atoms with Gasteiger partial charge in [-0.25, -0.2) is 0 Å². The molecule has 1 unspecified atom stereocenters. The van der Waals surface area contributed by atoms with Gasteiger partial charge in [0.05, 0.1) is 6.54 Å². The highest BCUT2D eigenvalue weighted by molar-refractivity contribution is 7.09. The number of aliphatic hydroxyl groups excluding tert-OH is 1. The molecule has 0 bridgehead atoms. The molecule has 5 heteroatoms. The van der Waals surface area contributed by atoms with Crippen LogP contribution in [0.2, 0.25) is 0 Å². The first-order chi connectivity index (χ1) is 10.5. The van der Waals surface area contributed by atoms with Gasteiger partial charge in [0, 0.05) is 24.0 Å². The third-order valence-corrected chi connectivity index (χ3v) is 6.15. The van der Waals surface area contributed by atoms with E-state index in [0.29, 0.717) is 31.1 Å². The van der Waals surface area contributed by atoms with E-state index in [-0.39, 0.29) is 5.91 Å². The highest BCUT2D eigenvalue weighted by Crippen LogP contribution is 2.61. The Morgan fingerprint density at radius 2 is 2.23 bits per heavy atom. The molecule has 4 nitrogen and oxygen atoms in total. The summed E-state index contributed by atoms with van der Waals surface area (Å²) in [5.41, 5.74) is 0.655. The zero-order valence-electron chi connectivity index (χ0n) is 13.5. The van der Waals surface area contributed by atoms with Crippen LogP contribution in [0, 0.1) is 5.41 Å². The van der Waals surface area contributed by atoms with Crippen LogP contribution in [0.3, 0.4) is 0 Å². The Kier molecular flexibility index (Phi) is 4.57. The third-order valence-electron chi connectivity index (χ3n) is 5.28. The Bertz CT molecular complexity index is 505. The van der Waals surface area contributed by atoms with Gasteiger partial charge in [-0.3, -0.25) is 4.79 Å². The first kappa shape index (κ1) is 16.0. The standard InChI is InChI=1S/C17H26N2O2S/c1-3-19(11-14-5-4-8-22-14)16(21)15(20)12-18(2)13-9-17(10-13)6-7-17/h4-5,8,13,15,20H,3,6-7,9-12H2,1-2H3. The molecule has 1 amide bonds. The summed E-state index contributed by atoms with van der Waals surface area (Å²) >= 11 is 1.65. The number of hydrogen-bond acceptors (Lipinski definition) is 4. The Hall–Kier alpha value is -0.910. The minimum atomic E-state index is -0.916. The van der Waals surface area contributed by atoms with Crippen LogP contribution in [0.5, 0.6) is 0 Å². The van der Waals surface area contributed by atoms with Crippen LogP contribution in [0.1, 0.15) is 37.5 Å². The minimum Gasteiger partial charge on any atom is -0.382 e. The van der Waals surface area contributed by atoms with E-state index in [2.05, 4.69) is 4.90 Å². The summed E-state index contributed by atoms with van der Waals surface area (Å²) in [6.45, 7) is 3.63.